The number of likely N-dealkylation sites (tertiary alicyclic amines) is 1. The predicted molar refractivity (Wildman–Crippen MR) is 95.9 cm³/mol. The summed E-state index contributed by atoms with van der Waals surface area (Å²) in [6.07, 6.45) is 10.5. The molecule has 1 fully saturated rings. The summed E-state index contributed by atoms with van der Waals surface area (Å²) in [6, 6.07) is 8.38. The summed E-state index contributed by atoms with van der Waals surface area (Å²) in [7, 11) is 0. The lowest BCUT2D eigenvalue weighted by atomic mass is 10.0. The van der Waals surface area contributed by atoms with Gasteiger partial charge in [-0.1, -0.05) is 31.0 Å². The Bertz CT molecular complexity index is 508. The van der Waals surface area contributed by atoms with E-state index in [-0.39, 0.29) is 0 Å². The smallest absolute Gasteiger partial charge is 0.226 e. The Morgan fingerprint density at radius 2 is 1.74 bits per heavy atom. The lowest BCUT2D eigenvalue weighted by molar-refractivity contribution is -0.118. The van der Waals surface area contributed by atoms with E-state index in [9.17, 15) is 4.79 Å². The third kappa shape index (κ3) is 4.57. The van der Waals surface area contributed by atoms with Crippen LogP contribution in [0.15, 0.2) is 24.3 Å². The second-order valence-corrected chi connectivity index (χ2v) is 6.99. The van der Waals surface area contributed by atoms with Crippen molar-refractivity contribution in [1.82, 2.24) is 4.90 Å². The molecule has 0 aliphatic carbocycles. The highest BCUT2D eigenvalue weighted by molar-refractivity contribution is 5.94. The van der Waals surface area contributed by atoms with E-state index in [2.05, 4.69) is 23.1 Å². The maximum Gasteiger partial charge on any atom is 0.226 e. The normalized spacial score (nSPS) is 18.7. The molecular weight excluding hydrogens is 284 g/mol. The van der Waals surface area contributed by atoms with E-state index in [1.807, 2.05) is 11.0 Å². The number of anilines is 1. The fourth-order valence-electron chi connectivity index (χ4n) is 3.90. The largest absolute Gasteiger partial charge is 0.312 e. The van der Waals surface area contributed by atoms with E-state index in [0.29, 0.717) is 12.3 Å². The zero-order valence-corrected chi connectivity index (χ0v) is 14.3. The molecule has 3 rings (SSSR count). The molecule has 2 heterocycles. The lowest BCUT2D eigenvalue weighted by Crippen LogP contribution is -2.35. The summed E-state index contributed by atoms with van der Waals surface area (Å²) in [6.45, 7) is 4.68. The first-order valence-corrected chi connectivity index (χ1v) is 9.45. The molecule has 0 unspecified atom stereocenters. The quantitative estimate of drug-likeness (QED) is 0.741. The van der Waals surface area contributed by atoms with Gasteiger partial charge in [0.25, 0.3) is 0 Å². The molecule has 1 saturated heterocycles. The Balaban J connectivity index is 1.38. The summed E-state index contributed by atoms with van der Waals surface area (Å²) in [5, 5.41) is 0. The van der Waals surface area contributed by atoms with Crippen LogP contribution in [0.1, 0.15) is 56.9 Å². The molecular formula is C20H30N2O. The Labute approximate surface area is 140 Å². The minimum Gasteiger partial charge on any atom is -0.312 e. The topological polar surface area (TPSA) is 23.6 Å². The van der Waals surface area contributed by atoms with Gasteiger partial charge in [-0.2, -0.15) is 0 Å². The molecule has 1 amide bonds. The highest BCUT2D eigenvalue weighted by atomic mass is 16.2. The van der Waals surface area contributed by atoms with Gasteiger partial charge in [0.05, 0.1) is 0 Å². The number of benzene rings is 1. The average molecular weight is 314 g/mol. The number of aryl methyl sites for hydroxylation is 1. The Hall–Kier alpha value is -1.35. The number of amides is 1. The van der Waals surface area contributed by atoms with Crippen LogP contribution in [0.4, 0.5) is 5.69 Å². The summed E-state index contributed by atoms with van der Waals surface area (Å²) in [5.74, 6) is 0.315. The molecule has 2 aliphatic rings. The molecule has 3 heteroatoms. The van der Waals surface area contributed by atoms with Crippen LogP contribution in [0.5, 0.6) is 0 Å². The number of rotatable bonds is 6. The van der Waals surface area contributed by atoms with Crippen molar-refractivity contribution in [3.63, 3.8) is 0 Å². The molecule has 23 heavy (non-hydrogen) atoms. The molecule has 0 saturated carbocycles. The second kappa shape index (κ2) is 8.49. The summed E-state index contributed by atoms with van der Waals surface area (Å²) >= 11 is 0. The molecule has 1 aromatic carbocycles. The zero-order valence-electron chi connectivity index (χ0n) is 14.3. The van der Waals surface area contributed by atoms with Crippen LogP contribution >= 0.6 is 0 Å². The number of carbonyl (C=O) groups excluding carboxylic acids is 1. The van der Waals surface area contributed by atoms with Gasteiger partial charge >= 0.3 is 0 Å². The van der Waals surface area contributed by atoms with Crippen molar-refractivity contribution in [3.8, 4) is 0 Å². The van der Waals surface area contributed by atoms with Gasteiger partial charge in [-0.15, -0.1) is 0 Å². The van der Waals surface area contributed by atoms with Gasteiger partial charge in [-0.05, 0) is 69.8 Å². The SMILES string of the molecule is O=C(CCCCCN1CCCCC1)N1CCCc2ccccc21. The van der Waals surface area contributed by atoms with Crippen molar-refractivity contribution >= 4 is 11.6 Å². The number of nitrogens with zero attached hydrogens (tertiary/aromatic N) is 2. The molecule has 126 valence electrons. The fraction of sp³-hybridized carbons (Fsp3) is 0.650. The molecule has 0 radical (unpaired) electrons. The monoisotopic (exact) mass is 314 g/mol. The predicted octanol–water partition coefficient (Wildman–Crippen LogP) is 4.01. The highest BCUT2D eigenvalue weighted by Crippen LogP contribution is 2.27. The van der Waals surface area contributed by atoms with Crippen molar-refractivity contribution in [3.05, 3.63) is 29.8 Å². The fourth-order valence-corrected chi connectivity index (χ4v) is 3.90. The average Bonchev–Trinajstić information content (AvgIpc) is 2.61. The van der Waals surface area contributed by atoms with Crippen LogP contribution in [0.3, 0.4) is 0 Å². The van der Waals surface area contributed by atoms with Crippen LogP contribution in [-0.4, -0.2) is 37.0 Å². The molecule has 2 aliphatic heterocycles. The van der Waals surface area contributed by atoms with Crippen molar-refractivity contribution < 1.29 is 4.79 Å². The van der Waals surface area contributed by atoms with Crippen molar-refractivity contribution in [2.24, 2.45) is 0 Å². The van der Waals surface area contributed by atoms with Gasteiger partial charge in [0.2, 0.25) is 5.91 Å². The van der Waals surface area contributed by atoms with Crippen LogP contribution in [0, 0.1) is 0 Å². The van der Waals surface area contributed by atoms with Gasteiger partial charge in [-0.25, -0.2) is 0 Å². The summed E-state index contributed by atoms with van der Waals surface area (Å²) < 4.78 is 0. The zero-order chi connectivity index (χ0) is 15.9. The Kier molecular flexibility index (Phi) is 6.09. The number of unbranched alkanes of at least 4 members (excludes halogenated alkanes) is 2. The van der Waals surface area contributed by atoms with Crippen LogP contribution in [-0.2, 0) is 11.2 Å². The summed E-state index contributed by atoms with van der Waals surface area (Å²) in [4.78, 5) is 17.1. The maximum absolute atomic E-state index is 12.5. The first-order chi connectivity index (χ1) is 11.3. The first-order valence-electron chi connectivity index (χ1n) is 9.45. The molecule has 0 spiro atoms. The lowest BCUT2D eigenvalue weighted by Gasteiger charge is -2.29. The standard InChI is InChI=1S/C20H30N2O/c23-20(13-3-1-6-14-21-15-7-2-8-16-21)22-17-9-11-18-10-4-5-12-19(18)22/h4-5,10,12H,1-3,6-9,11,13-17H2. The van der Waals surface area contributed by atoms with Gasteiger partial charge in [0.1, 0.15) is 0 Å². The molecule has 3 nitrogen and oxygen atoms in total. The molecule has 0 bridgehead atoms. The molecule has 0 N–H and O–H groups in total. The van der Waals surface area contributed by atoms with Crippen molar-refractivity contribution in [1.29, 1.82) is 0 Å². The van der Waals surface area contributed by atoms with E-state index in [0.717, 1.165) is 31.5 Å². The number of carbonyl (C=O) groups is 1. The third-order valence-electron chi connectivity index (χ3n) is 5.22. The van der Waals surface area contributed by atoms with Gasteiger partial charge in [0, 0.05) is 18.7 Å². The van der Waals surface area contributed by atoms with Crippen molar-refractivity contribution in [2.45, 2.75) is 57.8 Å². The van der Waals surface area contributed by atoms with Crippen LogP contribution in [0.25, 0.3) is 0 Å². The van der Waals surface area contributed by atoms with Crippen LogP contribution in [0.2, 0.25) is 0 Å². The van der Waals surface area contributed by atoms with Gasteiger partial charge < -0.3 is 9.80 Å². The maximum atomic E-state index is 12.5. The second-order valence-electron chi connectivity index (χ2n) is 6.99. The van der Waals surface area contributed by atoms with E-state index in [4.69, 9.17) is 0 Å². The van der Waals surface area contributed by atoms with Crippen molar-refractivity contribution in [2.75, 3.05) is 31.1 Å². The molecule has 0 aromatic heterocycles. The molecule has 0 atom stereocenters. The molecule has 1 aromatic rings. The minimum atomic E-state index is 0.315. The number of para-hydroxylation sites is 1. The number of piperidine rings is 1. The van der Waals surface area contributed by atoms with Crippen LogP contribution < -0.4 is 4.90 Å². The van der Waals surface area contributed by atoms with E-state index in [1.54, 1.807) is 0 Å². The van der Waals surface area contributed by atoms with Gasteiger partial charge in [0.15, 0.2) is 0 Å². The Morgan fingerprint density at radius 1 is 0.913 bits per heavy atom. The number of hydrogen-bond acceptors (Lipinski definition) is 2. The van der Waals surface area contributed by atoms with E-state index >= 15 is 0 Å². The number of fused-ring (bicyclic) bond motifs is 1. The highest BCUT2D eigenvalue weighted by Gasteiger charge is 2.21. The van der Waals surface area contributed by atoms with E-state index < -0.39 is 0 Å². The first kappa shape index (κ1) is 16.5. The van der Waals surface area contributed by atoms with E-state index in [1.165, 1.54) is 57.3 Å². The Morgan fingerprint density at radius 3 is 2.61 bits per heavy atom. The number of hydrogen-bond donors (Lipinski definition) is 0. The minimum absolute atomic E-state index is 0.315. The van der Waals surface area contributed by atoms with Gasteiger partial charge in [-0.3, -0.25) is 4.79 Å². The third-order valence-corrected chi connectivity index (χ3v) is 5.22. The summed E-state index contributed by atoms with van der Waals surface area (Å²) in [5.41, 5.74) is 2.48.